The molecule has 0 fully saturated rings. The van der Waals surface area contributed by atoms with E-state index in [1.807, 2.05) is 25.1 Å². The zero-order valence-electron chi connectivity index (χ0n) is 18.1. The molecule has 0 radical (unpaired) electrons. The molecule has 162 valence electrons. The van der Waals surface area contributed by atoms with Crippen LogP contribution in [0, 0.1) is 11.6 Å². The minimum atomic E-state index is -0.771. The normalized spacial score (nSPS) is 17.8. The number of halogens is 2. The minimum absolute atomic E-state index is 0.0181. The Bertz CT molecular complexity index is 1280. The summed E-state index contributed by atoms with van der Waals surface area (Å²) in [7, 11) is 0. The van der Waals surface area contributed by atoms with Crippen molar-refractivity contribution in [3.8, 4) is 16.9 Å². The van der Waals surface area contributed by atoms with Crippen LogP contribution in [0.25, 0.3) is 16.7 Å². The molecule has 2 heterocycles. The molecule has 3 nitrogen and oxygen atoms in total. The lowest BCUT2D eigenvalue weighted by Gasteiger charge is -2.37. The number of carbonyl (C=O) groups excluding carboxylic acids is 1. The van der Waals surface area contributed by atoms with Gasteiger partial charge in [-0.15, -0.1) is 0 Å². The molecule has 1 unspecified atom stereocenters. The number of fused-ring (bicyclic) bond motifs is 5. The highest BCUT2D eigenvalue weighted by atomic mass is 19.1. The van der Waals surface area contributed by atoms with E-state index in [1.54, 1.807) is 24.3 Å². The average Bonchev–Trinajstić information content (AvgIpc) is 2.73. The fraction of sp³-hybridized carbons (Fsp3) is 0.222. The van der Waals surface area contributed by atoms with Crippen molar-refractivity contribution < 1.29 is 18.3 Å². The van der Waals surface area contributed by atoms with Crippen LogP contribution < -0.4 is 10.1 Å². The highest BCUT2D eigenvalue weighted by Crippen LogP contribution is 2.50. The molecule has 2 aliphatic rings. The SMILES string of the molecule is CC1=CC(C)(C)Nc2ccc3c(c21)C(CC(=O)c1ccccc1)Oc1c(F)cc(F)cc1-3. The maximum Gasteiger partial charge on any atom is 0.168 e. The fourth-order valence-corrected chi connectivity index (χ4v) is 4.85. The summed E-state index contributed by atoms with van der Waals surface area (Å²) in [4.78, 5) is 13.1. The van der Waals surface area contributed by atoms with Gasteiger partial charge in [-0.05, 0) is 44.0 Å². The van der Waals surface area contributed by atoms with E-state index in [4.69, 9.17) is 4.74 Å². The van der Waals surface area contributed by atoms with Crippen LogP contribution in [0.3, 0.4) is 0 Å². The lowest BCUT2D eigenvalue weighted by molar-refractivity contribution is 0.0899. The van der Waals surface area contributed by atoms with E-state index < -0.39 is 17.7 Å². The van der Waals surface area contributed by atoms with E-state index in [9.17, 15) is 13.6 Å². The van der Waals surface area contributed by atoms with Crippen molar-refractivity contribution in [1.82, 2.24) is 0 Å². The Labute approximate surface area is 185 Å². The number of hydrogen-bond acceptors (Lipinski definition) is 3. The second-order valence-corrected chi connectivity index (χ2v) is 8.99. The summed E-state index contributed by atoms with van der Waals surface area (Å²) in [6.07, 6.45) is 1.46. The van der Waals surface area contributed by atoms with Gasteiger partial charge in [0.25, 0.3) is 0 Å². The molecule has 0 aromatic heterocycles. The molecule has 0 spiro atoms. The zero-order chi connectivity index (χ0) is 22.6. The Balaban J connectivity index is 1.70. The topological polar surface area (TPSA) is 38.3 Å². The quantitative estimate of drug-likeness (QED) is 0.456. The Hall–Kier alpha value is -3.47. The van der Waals surface area contributed by atoms with E-state index in [-0.39, 0.29) is 23.5 Å². The number of nitrogens with one attached hydrogen (secondary N) is 1. The summed E-state index contributed by atoms with van der Waals surface area (Å²) in [5.74, 6) is -1.56. The third kappa shape index (κ3) is 3.38. The van der Waals surface area contributed by atoms with Crippen molar-refractivity contribution in [2.75, 3.05) is 5.32 Å². The number of benzene rings is 3. The molecule has 0 aliphatic carbocycles. The van der Waals surface area contributed by atoms with E-state index in [0.29, 0.717) is 16.7 Å². The molecule has 0 bridgehead atoms. The summed E-state index contributed by atoms with van der Waals surface area (Å²) in [6, 6.07) is 14.9. The molecular formula is C27H23F2NO2. The van der Waals surface area contributed by atoms with Crippen LogP contribution in [0.2, 0.25) is 0 Å². The molecule has 32 heavy (non-hydrogen) atoms. The van der Waals surface area contributed by atoms with Crippen molar-refractivity contribution in [1.29, 1.82) is 0 Å². The van der Waals surface area contributed by atoms with Gasteiger partial charge in [-0.25, -0.2) is 8.78 Å². The predicted molar refractivity (Wildman–Crippen MR) is 122 cm³/mol. The smallest absolute Gasteiger partial charge is 0.168 e. The number of rotatable bonds is 3. The second-order valence-electron chi connectivity index (χ2n) is 8.99. The van der Waals surface area contributed by atoms with E-state index >= 15 is 0 Å². The lowest BCUT2D eigenvalue weighted by Crippen LogP contribution is -2.32. The Kier molecular flexibility index (Phi) is 4.66. The van der Waals surface area contributed by atoms with Gasteiger partial charge >= 0.3 is 0 Å². The van der Waals surface area contributed by atoms with Crippen molar-refractivity contribution in [3.05, 3.63) is 89.0 Å². The predicted octanol–water partition coefficient (Wildman–Crippen LogP) is 6.95. The average molecular weight is 431 g/mol. The first-order chi connectivity index (χ1) is 15.2. The van der Waals surface area contributed by atoms with Gasteiger partial charge in [0.15, 0.2) is 17.3 Å². The van der Waals surface area contributed by atoms with Crippen molar-refractivity contribution >= 4 is 17.0 Å². The number of Topliss-reactive ketones (excluding diaryl/α,β-unsaturated/α-hetero) is 1. The van der Waals surface area contributed by atoms with Crippen LogP contribution in [0.1, 0.15) is 54.8 Å². The monoisotopic (exact) mass is 431 g/mol. The summed E-state index contributed by atoms with van der Waals surface area (Å²) < 4.78 is 34.9. The Morgan fingerprint density at radius 2 is 1.81 bits per heavy atom. The number of anilines is 1. The maximum atomic E-state index is 14.7. The minimum Gasteiger partial charge on any atom is -0.481 e. The number of hydrogen-bond donors (Lipinski definition) is 1. The molecule has 3 aromatic carbocycles. The summed E-state index contributed by atoms with van der Waals surface area (Å²) in [5, 5.41) is 3.50. The van der Waals surface area contributed by atoms with Gasteiger partial charge in [-0.2, -0.15) is 0 Å². The van der Waals surface area contributed by atoms with Crippen LogP contribution >= 0.6 is 0 Å². The summed E-state index contributed by atoms with van der Waals surface area (Å²) in [6.45, 7) is 6.16. The maximum absolute atomic E-state index is 14.7. The van der Waals surface area contributed by atoms with Crippen LogP contribution in [0.5, 0.6) is 5.75 Å². The number of ketones is 1. The summed E-state index contributed by atoms with van der Waals surface area (Å²) >= 11 is 0. The summed E-state index contributed by atoms with van der Waals surface area (Å²) in [5.41, 5.74) is 5.01. The largest absolute Gasteiger partial charge is 0.481 e. The van der Waals surface area contributed by atoms with Crippen molar-refractivity contribution in [3.63, 3.8) is 0 Å². The van der Waals surface area contributed by atoms with Gasteiger partial charge in [0.1, 0.15) is 11.9 Å². The first kappa shape index (κ1) is 20.4. The van der Waals surface area contributed by atoms with Crippen molar-refractivity contribution in [2.24, 2.45) is 0 Å². The first-order valence-corrected chi connectivity index (χ1v) is 10.6. The van der Waals surface area contributed by atoms with E-state index in [1.165, 1.54) is 6.07 Å². The van der Waals surface area contributed by atoms with Crippen LogP contribution in [0.15, 0.2) is 60.7 Å². The van der Waals surface area contributed by atoms with Gasteiger partial charge in [-0.1, -0.05) is 42.5 Å². The highest BCUT2D eigenvalue weighted by molar-refractivity contribution is 5.97. The molecule has 5 heteroatoms. The molecule has 0 amide bonds. The molecular weight excluding hydrogens is 408 g/mol. The third-order valence-electron chi connectivity index (χ3n) is 6.02. The number of ether oxygens (including phenoxy) is 1. The van der Waals surface area contributed by atoms with E-state index in [2.05, 4.69) is 25.2 Å². The first-order valence-electron chi connectivity index (χ1n) is 10.6. The van der Waals surface area contributed by atoms with Gasteiger partial charge in [0, 0.05) is 34.0 Å². The fourth-order valence-electron chi connectivity index (χ4n) is 4.85. The van der Waals surface area contributed by atoms with Crippen molar-refractivity contribution in [2.45, 2.75) is 38.8 Å². The number of carbonyl (C=O) groups is 1. The molecule has 0 saturated carbocycles. The molecule has 1 N–H and O–H groups in total. The van der Waals surface area contributed by atoms with Gasteiger partial charge in [0.2, 0.25) is 0 Å². The molecule has 2 aliphatic heterocycles. The Morgan fingerprint density at radius 3 is 2.56 bits per heavy atom. The van der Waals surface area contributed by atoms with Gasteiger partial charge in [0.05, 0.1) is 12.0 Å². The van der Waals surface area contributed by atoms with Crippen LogP contribution in [-0.4, -0.2) is 11.3 Å². The zero-order valence-corrected chi connectivity index (χ0v) is 18.1. The second kappa shape index (κ2) is 7.30. The van der Waals surface area contributed by atoms with E-state index in [0.717, 1.165) is 28.5 Å². The van der Waals surface area contributed by atoms with Crippen LogP contribution in [-0.2, 0) is 0 Å². The van der Waals surface area contributed by atoms with Gasteiger partial charge in [-0.3, -0.25) is 4.79 Å². The third-order valence-corrected chi connectivity index (χ3v) is 6.02. The Morgan fingerprint density at radius 1 is 1.06 bits per heavy atom. The lowest BCUT2D eigenvalue weighted by atomic mass is 9.80. The standard InChI is InChI=1S/C27H23F2NO2/c1-15-14-27(2,3)30-21-10-9-18-19-11-17(28)12-20(29)26(19)32-23(25(18)24(15)21)13-22(31)16-7-5-4-6-8-16/h4-12,14,23,30H,13H2,1-3H3. The molecule has 1 atom stereocenters. The van der Waals surface area contributed by atoms with Gasteiger partial charge < -0.3 is 10.1 Å². The molecule has 5 rings (SSSR count). The number of allylic oxidation sites excluding steroid dienone is 1. The highest BCUT2D eigenvalue weighted by Gasteiger charge is 2.36. The molecule has 3 aromatic rings. The van der Waals surface area contributed by atoms with Crippen LogP contribution in [0.4, 0.5) is 14.5 Å². The molecule has 0 saturated heterocycles.